The van der Waals surface area contributed by atoms with Crippen molar-refractivity contribution in [2.45, 2.75) is 12.2 Å². The minimum atomic E-state index is -0.613. The van der Waals surface area contributed by atoms with E-state index in [1.165, 1.54) is 0 Å². The summed E-state index contributed by atoms with van der Waals surface area (Å²) in [5.41, 5.74) is 3.42. The second-order valence-corrected chi connectivity index (χ2v) is 8.10. The van der Waals surface area contributed by atoms with E-state index >= 15 is 0 Å². The Morgan fingerprint density at radius 1 is 0.821 bits per heavy atom. The monoisotopic (exact) mass is 408 g/mol. The van der Waals surface area contributed by atoms with Gasteiger partial charge in [0.15, 0.2) is 0 Å². The summed E-state index contributed by atoms with van der Waals surface area (Å²) in [6.45, 7) is 2.20. The number of carbonyl (C=O) groups excluding carboxylic acids is 1. The van der Waals surface area contributed by atoms with Crippen LogP contribution in [0, 0.1) is 0 Å². The van der Waals surface area contributed by atoms with Gasteiger partial charge in [0, 0.05) is 40.8 Å². The minimum absolute atomic E-state index is 0.0872. The average Bonchev–Trinajstić information content (AvgIpc) is 3.20. The normalized spacial score (nSPS) is 21.1. The highest BCUT2D eigenvalue weighted by Gasteiger charge is 2.57. The van der Waals surface area contributed by atoms with Gasteiger partial charge in [-0.2, -0.15) is 0 Å². The second-order valence-electron chi connectivity index (χ2n) is 7.23. The summed E-state index contributed by atoms with van der Waals surface area (Å²) in [5, 5.41) is 1.41. The van der Waals surface area contributed by atoms with Crippen molar-refractivity contribution in [2.24, 2.45) is 0 Å². The molecule has 0 aromatic heterocycles. The predicted molar refractivity (Wildman–Crippen MR) is 112 cm³/mol. The maximum absolute atomic E-state index is 13.2. The molecule has 2 aliphatic rings. The van der Waals surface area contributed by atoms with Crippen molar-refractivity contribution >= 4 is 29.1 Å². The highest BCUT2D eigenvalue weighted by Crippen LogP contribution is 2.50. The Morgan fingerprint density at radius 3 is 2.18 bits per heavy atom. The first-order valence-electron chi connectivity index (χ1n) is 9.28. The molecule has 1 fully saturated rings. The number of halogens is 2. The molecule has 5 heteroatoms. The molecule has 0 N–H and O–H groups in total. The lowest BCUT2D eigenvalue weighted by Crippen LogP contribution is -2.48. The Morgan fingerprint density at radius 2 is 1.46 bits per heavy atom. The molecule has 0 aliphatic carbocycles. The number of hydrogen-bond acceptors (Lipinski definition) is 2. The van der Waals surface area contributed by atoms with Crippen LogP contribution in [-0.2, 0) is 12.2 Å². The van der Waals surface area contributed by atoms with Gasteiger partial charge in [-0.3, -0.25) is 9.69 Å². The number of amides is 1. The zero-order valence-corrected chi connectivity index (χ0v) is 16.6. The lowest BCUT2D eigenvalue weighted by molar-refractivity contribution is 0.0429. The summed E-state index contributed by atoms with van der Waals surface area (Å²) < 4.78 is 0. The Bertz CT molecular complexity index is 1050. The molecule has 0 saturated carbocycles. The third kappa shape index (κ3) is 2.51. The van der Waals surface area contributed by atoms with Crippen LogP contribution in [0.1, 0.15) is 27.0 Å². The van der Waals surface area contributed by atoms with Crippen LogP contribution in [0.2, 0.25) is 10.0 Å². The van der Waals surface area contributed by atoms with E-state index in [1.54, 1.807) is 0 Å². The Labute approximate surface area is 174 Å². The predicted octanol–water partition coefficient (Wildman–Crippen LogP) is 5.17. The molecule has 28 heavy (non-hydrogen) atoms. The van der Waals surface area contributed by atoms with E-state index in [1.807, 2.05) is 71.6 Å². The summed E-state index contributed by atoms with van der Waals surface area (Å²) in [5.74, 6) is 0.0872. The van der Waals surface area contributed by atoms with Gasteiger partial charge in [0.1, 0.15) is 5.66 Å². The lowest BCUT2D eigenvalue weighted by atomic mass is 9.89. The zero-order chi connectivity index (χ0) is 19.3. The van der Waals surface area contributed by atoms with Crippen molar-refractivity contribution in [3.05, 3.63) is 105 Å². The molecular formula is C23H18Cl2N2O. The van der Waals surface area contributed by atoms with Gasteiger partial charge in [-0.25, -0.2) is 0 Å². The smallest absolute Gasteiger partial charge is 0.256 e. The number of fused-ring (bicyclic) bond motifs is 3. The van der Waals surface area contributed by atoms with Crippen molar-refractivity contribution in [2.75, 3.05) is 13.1 Å². The van der Waals surface area contributed by atoms with E-state index < -0.39 is 5.66 Å². The largest absolute Gasteiger partial charge is 0.311 e. The van der Waals surface area contributed by atoms with Crippen LogP contribution >= 0.6 is 23.2 Å². The zero-order valence-electron chi connectivity index (χ0n) is 15.1. The van der Waals surface area contributed by atoms with Crippen molar-refractivity contribution in [3.63, 3.8) is 0 Å². The highest BCUT2D eigenvalue weighted by molar-refractivity contribution is 6.30. The number of carbonyl (C=O) groups is 1. The first-order chi connectivity index (χ1) is 13.6. The Hall–Kier alpha value is -2.33. The summed E-state index contributed by atoms with van der Waals surface area (Å²) >= 11 is 12.2. The molecule has 140 valence electrons. The molecule has 3 aromatic carbocycles. The number of hydrogen-bond donors (Lipinski definition) is 0. The van der Waals surface area contributed by atoms with Gasteiger partial charge in [-0.15, -0.1) is 0 Å². The molecule has 2 aliphatic heterocycles. The average molecular weight is 409 g/mol. The van der Waals surface area contributed by atoms with E-state index in [-0.39, 0.29) is 5.91 Å². The van der Waals surface area contributed by atoms with E-state index in [9.17, 15) is 4.79 Å². The Balaban J connectivity index is 1.69. The highest BCUT2D eigenvalue weighted by atomic mass is 35.5. The van der Waals surface area contributed by atoms with Crippen LogP contribution < -0.4 is 0 Å². The number of rotatable bonds is 3. The fourth-order valence-electron chi connectivity index (χ4n) is 4.58. The van der Waals surface area contributed by atoms with E-state index in [0.717, 1.165) is 40.4 Å². The van der Waals surface area contributed by atoms with Gasteiger partial charge in [0.05, 0.1) is 0 Å². The van der Waals surface area contributed by atoms with Crippen LogP contribution in [0.3, 0.4) is 0 Å². The second kappa shape index (κ2) is 6.63. The quantitative estimate of drug-likeness (QED) is 0.596. The van der Waals surface area contributed by atoms with Crippen LogP contribution in [0.4, 0.5) is 0 Å². The van der Waals surface area contributed by atoms with Crippen LogP contribution in [0.5, 0.6) is 0 Å². The fraction of sp³-hybridized carbons (Fsp3) is 0.174. The van der Waals surface area contributed by atoms with Gasteiger partial charge in [0.25, 0.3) is 5.91 Å². The maximum Gasteiger partial charge on any atom is 0.256 e. The molecule has 5 rings (SSSR count). The van der Waals surface area contributed by atoms with Crippen molar-refractivity contribution in [1.82, 2.24) is 9.80 Å². The van der Waals surface area contributed by atoms with Crippen molar-refractivity contribution < 1.29 is 4.79 Å². The molecule has 0 radical (unpaired) electrons. The standard InChI is InChI=1S/C23H18Cl2N2O/c24-18-9-5-16(6-10-18)15-26-13-14-27-22(28)20-3-1-2-4-21(20)23(26,27)17-7-11-19(25)12-8-17/h1-12H,13-15H2. The molecule has 1 saturated heterocycles. The van der Waals surface area contributed by atoms with Gasteiger partial charge >= 0.3 is 0 Å². The molecule has 2 heterocycles. The van der Waals surface area contributed by atoms with Gasteiger partial charge < -0.3 is 4.90 Å². The molecule has 3 aromatic rings. The van der Waals surface area contributed by atoms with Crippen molar-refractivity contribution in [3.8, 4) is 0 Å². The fourth-order valence-corrected chi connectivity index (χ4v) is 4.83. The molecule has 3 nitrogen and oxygen atoms in total. The maximum atomic E-state index is 13.2. The number of nitrogens with zero attached hydrogens (tertiary/aromatic N) is 2. The van der Waals surface area contributed by atoms with Gasteiger partial charge in [-0.1, -0.05) is 65.7 Å². The first-order valence-corrected chi connectivity index (χ1v) is 10.0. The topological polar surface area (TPSA) is 23.6 Å². The summed E-state index contributed by atoms with van der Waals surface area (Å²) in [6.07, 6.45) is 0. The van der Waals surface area contributed by atoms with E-state index in [2.05, 4.69) is 11.0 Å². The summed E-state index contributed by atoms with van der Waals surface area (Å²) in [6, 6.07) is 23.7. The third-order valence-electron chi connectivity index (χ3n) is 5.75. The van der Waals surface area contributed by atoms with Crippen LogP contribution in [0.25, 0.3) is 0 Å². The first kappa shape index (κ1) is 17.7. The van der Waals surface area contributed by atoms with Crippen LogP contribution in [-0.4, -0.2) is 28.8 Å². The Kier molecular flexibility index (Phi) is 4.20. The SMILES string of the molecule is O=C1c2ccccc2C2(c3ccc(Cl)cc3)N(Cc3ccc(Cl)cc3)CCN12. The van der Waals surface area contributed by atoms with Gasteiger partial charge in [0.2, 0.25) is 0 Å². The van der Waals surface area contributed by atoms with E-state index in [4.69, 9.17) is 23.2 Å². The summed E-state index contributed by atoms with van der Waals surface area (Å²) in [4.78, 5) is 17.6. The lowest BCUT2D eigenvalue weighted by Gasteiger charge is -2.40. The minimum Gasteiger partial charge on any atom is -0.311 e. The molecule has 0 spiro atoms. The molecule has 1 amide bonds. The molecule has 1 unspecified atom stereocenters. The molecular weight excluding hydrogens is 391 g/mol. The molecule has 1 atom stereocenters. The molecule has 0 bridgehead atoms. The van der Waals surface area contributed by atoms with Crippen molar-refractivity contribution in [1.29, 1.82) is 0 Å². The summed E-state index contributed by atoms with van der Waals surface area (Å²) in [7, 11) is 0. The number of benzene rings is 3. The van der Waals surface area contributed by atoms with Crippen LogP contribution in [0.15, 0.2) is 72.8 Å². The third-order valence-corrected chi connectivity index (χ3v) is 6.26. The van der Waals surface area contributed by atoms with E-state index in [0.29, 0.717) is 11.6 Å². The van der Waals surface area contributed by atoms with Gasteiger partial charge in [-0.05, 0) is 41.5 Å².